The first-order valence-corrected chi connectivity index (χ1v) is 19.9. The van der Waals surface area contributed by atoms with Crippen molar-refractivity contribution in [2.45, 2.75) is 105 Å². The minimum atomic E-state index is -4.07. The molecule has 1 fully saturated rings. The van der Waals surface area contributed by atoms with Crippen LogP contribution in [0.25, 0.3) is 11.3 Å². The molecule has 52 heavy (non-hydrogen) atoms. The number of hydrogen-bond acceptors (Lipinski definition) is 9. The van der Waals surface area contributed by atoms with Gasteiger partial charge in [0.2, 0.25) is 11.8 Å². The predicted octanol–water partition coefficient (Wildman–Crippen LogP) is 8.28. The Bertz CT molecular complexity index is 2010. The van der Waals surface area contributed by atoms with E-state index in [-0.39, 0.29) is 39.6 Å². The van der Waals surface area contributed by atoms with Gasteiger partial charge in [0.25, 0.3) is 10.0 Å². The molecule has 0 radical (unpaired) electrons. The second-order valence-corrected chi connectivity index (χ2v) is 18.5. The highest BCUT2D eigenvalue weighted by Crippen LogP contribution is 2.40. The molecule has 2 atom stereocenters. The number of fused-ring (bicyclic) bond motifs is 4. The molecule has 2 aliphatic heterocycles. The minimum Gasteiger partial charge on any atom is -0.477 e. The molecule has 2 aliphatic rings. The lowest BCUT2D eigenvalue weighted by atomic mass is 9.75. The molecule has 10 nitrogen and oxygen atoms in total. The van der Waals surface area contributed by atoms with E-state index < -0.39 is 10.0 Å². The van der Waals surface area contributed by atoms with Gasteiger partial charge >= 0.3 is 0 Å². The van der Waals surface area contributed by atoms with E-state index in [1.807, 2.05) is 64.4 Å². The van der Waals surface area contributed by atoms with Crippen LogP contribution in [0.5, 0.6) is 5.88 Å². The van der Waals surface area contributed by atoms with Crippen molar-refractivity contribution < 1.29 is 17.9 Å². The monoisotopic (exact) mass is 726 g/mol. The lowest BCUT2D eigenvalue weighted by molar-refractivity contribution is 0.0659. The van der Waals surface area contributed by atoms with Crippen molar-refractivity contribution in [3.63, 3.8) is 0 Å². The largest absolute Gasteiger partial charge is 0.477 e. The molecule has 1 saturated heterocycles. The molecule has 0 spiro atoms. The van der Waals surface area contributed by atoms with Crippen molar-refractivity contribution in [1.82, 2.24) is 19.9 Å². The number of benzene rings is 2. The Balaban J connectivity index is 1.43. The van der Waals surface area contributed by atoms with Crippen LogP contribution in [-0.2, 0) is 27.8 Å². The van der Waals surface area contributed by atoms with Gasteiger partial charge in [-0.25, -0.2) is 28.1 Å². The van der Waals surface area contributed by atoms with Gasteiger partial charge in [-0.05, 0) is 86.1 Å². The summed E-state index contributed by atoms with van der Waals surface area (Å²) in [5.74, 6) is 0.852. The zero-order valence-electron chi connectivity index (χ0n) is 32.2. The Morgan fingerprint density at radius 3 is 2.46 bits per heavy atom. The molecule has 278 valence electrons. The Labute approximate surface area is 309 Å². The molecule has 2 aromatic heterocycles. The van der Waals surface area contributed by atoms with Crippen molar-refractivity contribution in [3.8, 4) is 17.1 Å². The normalized spacial score (nSPS) is 19.8. The van der Waals surface area contributed by atoms with Crippen LogP contribution in [0, 0.1) is 30.6 Å². The fourth-order valence-electron chi connectivity index (χ4n) is 7.45. The zero-order chi connectivity index (χ0) is 37.4. The summed E-state index contributed by atoms with van der Waals surface area (Å²) in [5, 5.41) is 0. The van der Waals surface area contributed by atoms with E-state index in [2.05, 4.69) is 49.2 Å². The number of ether oxygens (including phenoxy) is 2. The van der Waals surface area contributed by atoms with Crippen LogP contribution in [0.3, 0.4) is 0 Å². The molecular weight excluding hydrogens is 673 g/mol. The molecule has 0 amide bonds. The number of nitrogens with one attached hydrogen (secondary N) is 1. The summed E-state index contributed by atoms with van der Waals surface area (Å²) in [6, 6.07) is 13.2. The predicted molar refractivity (Wildman–Crippen MR) is 206 cm³/mol. The second-order valence-electron chi connectivity index (χ2n) is 16.8. The molecular formula is C41H54N6O4S. The summed E-state index contributed by atoms with van der Waals surface area (Å²) >= 11 is 0. The summed E-state index contributed by atoms with van der Waals surface area (Å²) in [7, 11) is -4.07. The molecule has 6 rings (SSSR count). The molecule has 2 aromatic carbocycles. The van der Waals surface area contributed by atoms with Gasteiger partial charge in [-0.2, -0.15) is 4.98 Å². The van der Waals surface area contributed by atoms with Gasteiger partial charge in [-0.1, -0.05) is 65.0 Å². The third-order valence-electron chi connectivity index (χ3n) is 10.1. The van der Waals surface area contributed by atoms with E-state index in [9.17, 15) is 8.42 Å². The third-order valence-corrected chi connectivity index (χ3v) is 11.4. The molecule has 0 aliphatic carbocycles. The van der Waals surface area contributed by atoms with Gasteiger partial charge in [-0.3, -0.25) is 0 Å². The first-order chi connectivity index (χ1) is 24.5. The van der Waals surface area contributed by atoms with Crippen molar-refractivity contribution >= 4 is 21.7 Å². The molecule has 4 bridgehead atoms. The van der Waals surface area contributed by atoms with Gasteiger partial charge in [0.05, 0.1) is 48.0 Å². The topological polar surface area (TPSA) is 119 Å². The Morgan fingerprint density at radius 2 is 1.79 bits per heavy atom. The zero-order valence-corrected chi connectivity index (χ0v) is 33.0. The number of rotatable bonds is 8. The number of sulfonamides is 1. The van der Waals surface area contributed by atoms with E-state index in [4.69, 9.17) is 24.4 Å². The lowest BCUT2D eigenvalue weighted by Crippen LogP contribution is -2.28. The Kier molecular flexibility index (Phi) is 10.7. The summed E-state index contributed by atoms with van der Waals surface area (Å²) in [6.07, 6.45) is 6.36. The summed E-state index contributed by atoms with van der Waals surface area (Å²) < 4.78 is 43.5. The first-order valence-electron chi connectivity index (χ1n) is 18.4. The standard InChI is InChI=1S/C41H54N6O4S/c1-26(2)50-23-30-14-10-12-27(3)36(30)37-28(4)38-45-39(44-37)46-52(48,49)33-15-11-13-29(18-33)34(31(24-51-38)20-40(5,6)7)19-35-42-21-32(22-43-35)47-17-16-41(8,9)25-47/h10-15,18,21-22,26,31,34H,16-17,19-20,23-25H2,1-9H3,(H,44,45,46)/t31-,34?/m1/s1. The maximum absolute atomic E-state index is 14.0. The number of aryl methyl sites for hydroxylation is 1. The smallest absolute Gasteiger partial charge is 0.264 e. The molecule has 4 heterocycles. The van der Waals surface area contributed by atoms with Crippen LogP contribution >= 0.6 is 0 Å². The average Bonchev–Trinajstić information content (AvgIpc) is 3.44. The lowest BCUT2D eigenvalue weighted by Gasteiger charge is -2.33. The van der Waals surface area contributed by atoms with Gasteiger partial charge < -0.3 is 14.4 Å². The van der Waals surface area contributed by atoms with Crippen molar-refractivity contribution in [3.05, 3.63) is 82.9 Å². The van der Waals surface area contributed by atoms with Crippen LogP contribution in [0.2, 0.25) is 0 Å². The van der Waals surface area contributed by atoms with Crippen molar-refractivity contribution in [1.29, 1.82) is 0 Å². The molecule has 1 unspecified atom stereocenters. The number of nitrogens with zero attached hydrogens (tertiary/aromatic N) is 5. The maximum Gasteiger partial charge on any atom is 0.264 e. The third kappa shape index (κ3) is 8.74. The van der Waals surface area contributed by atoms with Crippen LogP contribution < -0.4 is 14.4 Å². The summed E-state index contributed by atoms with van der Waals surface area (Å²) in [5.41, 5.74) is 6.30. The van der Waals surface area contributed by atoms with E-state index in [1.54, 1.807) is 18.2 Å². The van der Waals surface area contributed by atoms with Crippen molar-refractivity contribution in [2.24, 2.45) is 16.7 Å². The molecule has 1 N–H and O–H groups in total. The fourth-order valence-corrected chi connectivity index (χ4v) is 8.45. The maximum atomic E-state index is 14.0. The van der Waals surface area contributed by atoms with Gasteiger partial charge in [0, 0.05) is 36.6 Å². The molecule has 0 saturated carbocycles. The molecule has 4 aromatic rings. The van der Waals surface area contributed by atoms with E-state index in [0.717, 1.165) is 59.4 Å². The molecule has 11 heteroatoms. The number of anilines is 2. The second kappa shape index (κ2) is 14.7. The van der Waals surface area contributed by atoms with Gasteiger partial charge in [0.1, 0.15) is 5.82 Å². The Morgan fingerprint density at radius 1 is 1.06 bits per heavy atom. The SMILES string of the molecule is Cc1cccc(COC(C)C)c1-c1nc2nc(c1C)OC[C@@H](CC(C)(C)C)C(Cc1ncc(N3CCC(C)(C)C3)cn1)c1cccc(c1)S(=O)(=O)N2. The highest BCUT2D eigenvalue weighted by atomic mass is 32.2. The van der Waals surface area contributed by atoms with Crippen LogP contribution in [0.15, 0.2) is 59.8 Å². The van der Waals surface area contributed by atoms with Crippen molar-refractivity contribution in [2.75, 3.05) is 29.3 Å². The van der Waals surface area contributed by atoms with Crippen LogP contribution in [0.1, 0.15) is 95.3 Å². The van der Waals surface area contributed by atoms with E-state index in [0.29, 0.717) is 37.0 Å². The highest BCUT2D eigenvalue weighted by Gasteiger charge is 2.33. The minimum absolute atomic E-state index is 0.0253. The number of hydrogen-bond donors (Lipinski definition) is 1. The summed E-state index contributed by atoms with van der Waals surface area (Å²) in [6.45, 7) is 21.9. The fraction of sp³-hybridized carbons (Fsp3) is 0.512. The Hall–Kier alpha value is -4.09. The van der Waals surface area contributed by atoms with E-state index >= 15 is 0 Å². The van der Waals surface area contributed by atoms with Crippen LogP contribution in [-0.4, -0.2) is 54.2 Å². The average molecular weight is 727 g/mol. The van der Waals surface area contributed by atoms with Gasteiger partial charge in [-0.15, -0.1) is 0 Å². The van der Waals surface area contributed by atoms with Crippen LogP contribution in [0.4, 0.5) is 11.6 Å². The van der Waals surface area contributed by atoms with Gasteiger partial charge in [0.15, 0.2) is 0 Å². The number of aromatic nitrogens is 4. The van der Waals surface area contributed by atoms with E-state index in [1.165, 1.54) is 0 Å². The quantitative estimate of drug-likeness (QED) is 0.191. The highest BCUT2D eigenvalue weighted by molar-refractivity contribution is 7.92. The first kappa shape index (κ1) is 37.7. The summed E-state index contributed by atoms with van der Waals surface area (Å²) in [4.78, 5) is 21.7.